The lowest BCUT2D eigenvalue weighted by molar-refractivity contribution is 0.104. The summed E-state index contributed by atoms with van der Waals surface area (Å²) >= 11 is 4.94. The highest BCUT2D eigenvalue weighted by Crippen LogP contribution is 2.27. The van der Waals surface area contributed by atoms with Crippen LogP contribution >= 0.6 is 27.3 Å². The van der Waals surface area contributed by atoms with E-state index in [0.717, 1.165) is 19.8 Å². The van der Waals surface area contributed by atoms with Crippen LogP contribution < -0.4 is 0 Å². The van der Waals surface area contributed by atoms with Gasteiger partial charge in [-0.25, -0.2) is 0 Å². The normalized spacial score (nSPS) is 10.3. The molecule has 0 fully saturated rings. The third-order valence-corrected chi connectivity index (χ3v) is 4.25. The van der Waals surface area contributed by atoms with Gasteiger partial charge in [-0.15, -0.1) is 11.3 Å². The number of thiophene rings is 1. The van der Waals surface area contributed by atoms with Crippen LogP contribution in [-0.4, -0.2) is 5.78 Å². The lowest BCUT2D eigenvalue weighted by Crippen LogP contribution is -1.97. The van der Waals surface area contributed by atoms with Gasteiger partial charge >= 0.3 is 0 Å². The topological polar surface area (TPSA) is 17.1 Å². The van der Waals surface area contributed by atoms with Crippen molar-refractivity contribution in [1.82, 2.24) is 0 Å². The van der Waals surface area contributed by atoms with Crippen LogP contribution in [0.25, 0.3) is 0 Å². The minimum absolute atomic E-state index is 0.0920. The van der Waals surface area contributed by atoms with Gasteiger partial charge in [-0.1, -0.05) is 30.3 Å². The number of hydrogen-bond donors (Lipinski definition) is 0. The van der Waals surface area contributed by atoms with Crippen molar-refractivity contribution in [3.8, 4) is 0 Å². The van der Waals surface area contributed by atoms with Gasteiger partial charge in [-0.2, -0.15) is 0 Å². The summed E-state index contributed by atoms with van der Waals surface area (Å²) in [5, 5.41) is 0. The number of aryl methyl sites for hydroxylation is 1. The van der Waals surface area contributed by atoms with Gasteiger partial charge in [0.25, 0.3) is 0 Å². The second-order valence-corrected chi connectivity index (χ2v) is 5.32. The monoisotopic (exact) mass is 280 g/mol. The van der Waals surface area contributed by atoms with Gasteiger partial charge in [0.1, 0.15) is 0 Å². The third-order valence-electron chi connectivity index (χ3n) is 2.12. The molecule has 0 aliphatic rings. The maximum absolute atomic E-state index is 12.0. The Balaban J connectivity index is 2.37. The van der Waals surface area contributed by atoms with E-state index in [2.05, 4.69) is 15.9 Å². The fourth-order valence-corrected chi connectivity index (χ4v) is 2.80. The molecule has 0 saturated carbocycles. The molecule has 0 amide bonds. The molecule has 0 aliphatic carbocycles. The van der Waals surface area contributed by atoms with E-state index in [1.165, 1.54) is 11.3 Å². The lowest BCUT2D eigenvalue weighted by atomic mass is 10.1. The van der Waals surface area contributed by atoms with Crippen molar-refractivity contribution in [3.05, 3.63) is 56.2 Å². The molecule has 15 heavy (non-hydrogen) atoms. The Morgan fingerprint density at radius 1 is 1.27 bits per heavy atom. The maximum Gasteiger partial charge on any atom is 0.202 e. The van der Waals surface area contributed by atoms with Crippen LogP contribution in [0.15, 0.2) is 40.9 Å². The zero-order valence-corrected chi connectivity index (χ0v) is 10.6. The first kappa shape index (κ1) is 10.6. The molecule has 1 nitrogen and oxygen atoms in total. The Morgan fingerprint density at radius 2 is 1.93 bits per heavy atom. The van der Waals surface area contributed by atoms with Gasteiger partial charge in [0.15, 0.2) is 0 Å². The van der Waals surface area contributed by atoms with Crippen molar-refractivity contribution >= 4 is 33.0 Å². The molecule has 76 valence electrons. The largest absolute Gasteiger partial charge is 0.288 e. The van der Waals surface area contributed by atoms with Crippen LogP contribution in [0.1, 0.15) is 20.1 Å². The average molecular weight is 281 g/mol. The number of ketones is 1. The zero-order chi connectivity index (χ0) is 10.8. The van der Waals surface area contributed by atoms with Gasteiger partial charge in [0.2, 0.25) is 5.78 Å². The highest BCUT2D eigenvalue weighted by Gasteiger charge is 2.12. The summed E-state index contributed by atoms with van der Waals surface area (Å²) in [6, 6.07) is 11.2. The van der Waals surface area contributed by atoms with E-state index in [1.54, 1.807) is 0 Å². The number of carbonyl (C=O) groups excluding carboxylic acids is 1. The molecule has 0 unspecified atom stereocenters. The zero-order valence-electron chi connectivity index (χ0n) is 8.16. The van der Waals surface area contributed by atoms with Crippen LogP contribution in [0.5, 0.6) is 0 Å². The molecule has 2 aromatic rings. The van der Waals surface area contributed by atoms with E-state index >= 15 is 0 Å². The van der Waals surface area contributed by atoms with E-state index in [1.807, 2.05) is 43.3 Å². The highest BCUT2D eigenvalue weighted by molar-refractivity contribution is 9.10. The molecule has 0 N–H and O–H groups in total. The summed E-state index contributed by atoms with van der Waals surface area (Å²) < 4.78 is 1.01. The Morgan fingerprint density at radius 3 is 2.47 bits per heavy atom. The molecular formula is C12H9BrOS. The second-order valence-electron chi connectivity index (χ2n) is 3.21. The Hall–Kier alpha value is -0.930. The third kappa shape index (κ3) is 2.19. The number of benzene rings is 1. The standard InChI is InChI=1S/C12H9BrOS/c1-8-10(13)7-11(15-8)12(14)9-5-3-2-4-6-9/h2-7H,1H3. The molecule has 0 aliphatic heterocycles. The van der Waals surface area contributed by atoms with Crippen LogP contribution in [0, 0.1) is 6.92 Å². The van der Waals surface area contributed by atoms with Crippen LogP contribution in [0.4, 0.5) is 0 Å². The van der Waals surface area contributed by atoms with Crippen molar-refractivity contribution < 1.29 is 4.79 Å². The van der Waals surface area contributed by atoms with Crippen molar-refractivity contribution in [1.29, 1.82) is 0 Å². The van der Waals surface area contributed by atoms with Gasteiger partial charge in [0, 0.05) is 14.9 Å². The molecule has 3 heteroatoms. The molecular weight excluding hydrogens is 272 g/mol. The Bertz CT molecular complexity index is 468. The number of hydrogen-bond acceptors (Lipinski definition) is 2. The molecule has 0 bridgehead atoms. The molecule has 0 spiro atoms. The van der Waals surface area contributed by atoms with Crippen molar-refractivity contribution in [2.75, 3.05) is 0 Å². The number of halogens is 1. The minimum atomic E-state index is 0.0920. The van der Waals surface area contributed by atoms with Gasteiger partial charge < -0.3 is 0 Å². The Kier molecular flexibility index (Phi) is 3.03. The van der Waals surface area contributed by atoms with E-state index in [9.17, 15) is 4.79 Å². The summed E-state index contributed by atoms with van der Waals surface area (Å²) in [5.41, 5.74) is 0.742. The molecule has 1 aromatic carbocycles. The smallest absolute Gasteiger partial charge is 0.202 e. The highest BCUT2D eigenvalue weighted by atomic mass is 79.9. The molecule has 0 saturated heterocycles. The molecule has 1 heterocycles. The summed E-state index contributed by atoms with van der Waals surface area (Å²) in [7, 11) is 0. The summed E-state index contributed by atoms with van der Waals surface area (Å²) in [6.45, 7) is 2.00. The first-order chi connectivity index (χ1) is 7.18. The van der Waals surface area contributed by atoms with Gasteiger partial charge in [0.05, 0.1) is 4.88 Å². The predicted octanol–water partition coefficient (Wildman–Crippen LogP) is 4.05. The number of carbonyl (C=O) groups is 1. The molecule has 0 radical (unpaired) electrons. The quantitative estimate of drug-likeness (QED) is 0.759. The van der Waals surface area contributed by atoms with Crippen molar-refractivity contribution in [2.45, 2.75) is 6.92 Å². The lowest BCUT2D eigenvalue weighted by Gasteiger charge is -1.95. The van der Waals surface area contributed by atoms with Gasteiger partial charge in [-0.05, 0) is 28.9 Å². The molecule has 2 rings (SSSR count). The van der Waals surface area contributed by atoms with Gasteiger partial charge in [-0.3, -0.25) is 4.79 Å². The Labute approximate surface area is 101 Å². The van der Waals surface area contributed by atoms with Crippen LogP contribution in [-0.2, 0) is 0 Å². The van der Waals surface area contributed by atoms with Crippen LogP contribution in [0.2, 0.25) is 0 Å². The van der Waals surface area contributed by atoms with Crippen LogP contribution in [0.3, 0.4) is 0 Å². The minimum Gasteiger partial charge on any atom is -0.288 e. The second kappa shape index (κ2) is 4.29. The summed E-state index contributed by atoms with van der Waals surface area (Å²) in [4.78, 5) is 13.9. The summed E-state index contributed by atoms with van der Waals surface area (Å²) in [5.74, 6) is 0.0920. The van der Waals surface area contributed by atoms with E-state index in [0.29, 0.717) is 0 Å². The van der Waals surface area contributed by atoms with E-state index < -0.39 is 0 Å². The molecule has 0 atom stereocenters. The first-order valence-corrected chi connectivity index (χ1v) is 6.15. The fourth-order valence-electron chi connectivity index (χ4n) is 1.30. The van der Waals surface area contributed by atoms with Crippen molar-refractivity contribution in [2.24, 2.45) is 0 Å². The fraction of sp³-hybridized carbons (Fsp3) is 0.0833. The summed E-state index contributed by atoms with van der Waals surface area (Å²) in [6.07, 6.45) is 0. The molecule has 1 aromatic heterocycles. The van der Waals surface area contributed by atoms with E-state index in [4.69, 9.17) is 0 Å². The maximum atomic E-state index is 12.0. The number of rotatable bonds is 2. The first-order valence-electron chi connectivity index (χ1n) is 4.54. The average Bonchev–Trinajstić information content (AvgIpc) is 2.59. The SMILES string of the molecule is Cc1sc(C(=O)c2ccccc2)cc1Br. The van der Waals surface area contributed by atoms with E-state index in [-0.39, 0.29) is 5.78 Å². The van der Waals surface area contributed by atoms with Crippen molar-refractivity contribution in [3.63, 3.8) is 0 Å². The predicted molar refractivity (Wildman–Crippen MR) is 66.6 cm³/mol.